The Morgan fingerprint density at radius 1 is 0.341 bits per heavy atom. The van der Waals surface area contributed by atoms with Gasteiger partial charge in [-0.2, -0.15) is 0 Å². The molecule has 11 aliphatic rings. The zero-order valence-electron chi connectivity index (χ0n) is 75.8. The van der Waals surface area contributed by atoms with Gasteiger partial charge in [-0.05, 0) is 228 Å². The number of aryl methyl sites for hydroxylation is 2. The summed E-state index contributed by atoms with van der Waals surface area (Å²) in [4.78, 5) is 113. The van der Waals surface area contributed by atoms with E-state index in [-0.39, 0.29) is 63.8 Å². The van der Waals surface area contributed by atoms with Crippen molar-refractivity contribution in [2.45, 2.75) is 151 Å². The van der Waals surface area contributed by atoms with Crippen LogP contribution in [0.4, 0.5) is 17.1 Å². The number of hydrogen-bond acceptors (Lipinski definition) is 18. The van der Waals surface area contributed by atoms with E-state index in [0.717, 1.165) is 159 Å². The minimum absolute atomic E-state index is 0.00826. The topological polar surface area (TPSA) is 278 Å². The van der Waals surface area contributed by atoms with E-state index >= 15 is 0 Å². The summed E-state index contributed by atoms with van der Waals surface area (Å²) in [5, 5.41) is 14.9. The van der Waals surface area contributed by atoms with E-state index in [4.69, 9.17) is 33.0 Å². The van der Waals surface area contributed by atoms with Crippen LogP contribution in [-0.4, -0.2) is 153 Å². The Kier molecular flexibility index (Phi) is 24.5. The first-order valence-electron chi connectivity index (χ1n) is 47.1. The van der Waals surface area contributed by atoms with Gasteiger partial charge in [0.15, 0.2) is 28.3 Å². The molecule has 684 valence electrons. The quantitative estimate of drug-likeness (QED) is 0.146. The van der Waals surface area contributed by atoms with Crippen LogP contribution in [0.1, 0.15) is 194 Å². The molecule has 11 heterocycles. The molecule has 0 bridgehead atoms. The molecular weight excluding hydrogens is 1700 g/mol. The SMILES string of the molecule is CC(=O)Nc1ccc(C(=O)N2CCC3(CC2)OC(=O)Cc2ccccc23)cc1.CC(=O)Nc1ccc(C(=O)N2CCC3(CCc4ccccc43)CC2)cc1.O=C(c1noc2ccccc12)N1CCC2(CCc3ccccc32)CC1.O=C1Cc2ccccc2C2(CCN(C(=O)c3noc4ccccc34)CC2)O1.c1ccc2c(c1)COC21CCN(C2=Nc3ccccc3Oc3ccccc32)CC1. The molecule has 24 rings (SSSR count). The number of nitrogens with one attached hydrogen (secondary N) is 2. The number of anilines is 2. The molecule has 24 heteroatoms. The fourth-order valence-electron chi connectivity index (χ4n) is 22.2. The molecule has 11 aromatic carbocycles. The summed E-state index contributed by atoms with van der Waals surface area (Å²) in [7, 11) is 0. The molecule has 0 radical (unpaired) electrons. The number of amides is 6. The van der Waals surface area contributed by atoms with E-state index in [1.807, 2.05) is 137 Å². The molecule has 0 unspecified atom stereocenters. The second-order valence-electron chi connectivity index (χ2n) is 37.1. The highest BCUT2D eigenvalue weighted by molar-refractivity contribution is 6.06. The van der Waals surface area contributed by atoms with E-state index in [1.165, 1.54) is 60.1 Å². The molecule has 2 N–H and O–H groups in total. The maximum atomic E-state index is 13.0. The average Bonchev–Trinajstić information content (AvgIpc) is 1.58. The first-order valence-corrected chi connectivity index (χ1v) is 47.1. The van der Waals surface area contributed by atoms with Gasteiger partial charge in [0.25, 0.3) is 23.6 Å². The van der Waals surface area contributed by atoms with Gasteiger partial charge in [0.1, 0.15) is 28.5 Å². The third kappa shape index (κ3) is 17.7. The molecule has 0 saturated carbocycles. The fourth-order valence-corrected chi connectivity index (χ4v) is 22.2. The van der Waals surface area contributed by atoms with Crippen LogP contribution in [0.5, 0.6) is 11.5 Å². The zero-order valence-corrected chi connectivity index (χ0v) is 75.8. The lowest BCUT2D eigenvalue weighted by molar-refractivity contribution is -0.169. The highest BCUT2D eigenvalue weighted by atomic mass is 16.6. The predicted octanol–water partition coefficient (Wildman–Crippen LogP) is 19.0. The second kappa shape index (κ2) is 37.4. The minimum atomic E-state index is -0.630. The predicted molar refractivity (Wildman–Crippen MR) is 512 cm³/mol. The number of carbonyl (C=O) groups is 8. The van der Waals surface area contributed by atoms with Gasteiger partial charge in [0.2, 0.25) is 11.8 Å². The lowest BCUT2D eigenvalue weighted by atomic mass is 9.74. The normalized spacial score (nSPS) is 18.3. The maximum absolute atomic E-state index is 13.0. The van der Waals surface area contributed by atoms with Crippen LogP contribution in [0.25, 0.3) is 21.9 Å². The molecule has 9 aliphatic heterocycles. The van der Waals surface area contributed by atoms with Gasteiger partial charge in [-0.3, -0.25) is 38.4 Å². The number of hydrogen-bond donors (Lipinski definition) is 2. The molecule has 2 aromatic heterocycles. The van der Waals surface area contributed by atoms with Crippen molar-refractivity contribution >= 4 is 92.2 Å². The van der Waals surface area contributed by atoms with E-state index in [9.17, 15) is 38.4 Å². The Balaban J connectivity index is 0.000000105. The summed E-state index contributed by atoms with van der Waals surface area (Å²) < 4.78 is 34.7. The molecule has 2 aliphatic carbocycles. The summed E-state index contributed by atoms with van der Waals surface area (Å²) in [5.41, 5.74) is 18.6. The number of fused-ring (bicyclic) bond motifs is 14. The highest BCUT2D eigenvalue weighted by Gasteiger charge is 2.50. The van der Waals surface area contributed by atoms with Crippen molar-refractivity contribution in [2.24, 2.45) is 4.99 Å². The highest BCUT2D eigenvalue weighted by Crippen LogP contribution is 2.51. The van der Waals surface area contributed by atoms with Gasteiger partial charge in [0, 0.05) is 127 Å². The number of nitrogens with zero attached hydrogens (tertiary/aromatic N) is 8. The van der Waals surface area contributed by atoms with Gasteiger partial charge < -0.3 is 63.1 Å². The molecule has 6 amide bonds. The fraction of sp³-hybridized carbons (Fsp3) is 0.306. The third-order valence-corrected chi connectivity index (χ3v) is 29.3. The van der Waals surface area contributed by atoms with E-state index in [0.29, 0.717) is 110 Å². The molecule has 135 heavy (non-hydrogen) atoms. The smallest absolute Gasteiger partial charge is 0.311 e. The van der Waals surface area contributed by atoms with Crippen molar-refractivity contribution in [2.75, 3.05) is 76.1 Å². The molecule has 13 aromatic rings. The Morgan fingerprint density at radius 3 is 1.16 bits per heavy atom. The van der Waals surface area contributed by atoms with Crippen LogP contribution in [0, 0.1) is 0 Å². The Morgan fingerprint density at radius 2 is 0.704 bits per heavy atom. The Bertz CT molecular complexity index is 6740. The van der Waals surface area contributed by atoms with Crippen LogP contribution >= 0.6 is 0 Å². The molecule has 5 fully saturated rings. The first-order chi connectivity index (χ1) is 65.8. The molecule has 24 nitrogen and oxygen atoms in total. The average molecular weight is 1800 g/mol. The summed E-state index contributed by atoms with van der Waals surface area (Å²) in [5.74, 6) is 1.87. The van der Waals surface area contributed by atoms with Gasteiger partial charge in [-0.25, -0.2) is 4.99 Å². The molecule has 5 saturated heterocycles. The summed E-state index contributed by atoms with van der Waals surface area (Å²) in [6.07, 6.45) is 13.8. The largest absolute Gasteiger partial charge is 0.454 e. The maximum Gasteiger partial charge on any atom is 0.311 e. The van der Waals surface area contributed by atoms with Gasteiger partial charge in [0.05, 0.1) is 41.4 Å². The Labute approximate surface area is 782 Å². The monoisotopic (exact) mass is 1800 g/mol. The minimum Gasteiger partial charge on any atom is -0.454 e. The summed E-state index contributed by atoms with van der Waals surface area (Å²) >= 11 is 0. The number of benzene rings is 11. The standard InChI is InChI=1S/C25H22N2O2.C22H22N2O4.C22H24N2O2.C21H18N2O4.C21H20N2O2/c1-3-9-20-18(7-1)17-28-25(20)13-15-27(16-14-25)24-19-8-2-5-11-22(19)29-23-12-6-4-10-21(23)26-24;1-15(25)23-18-8-6-16(7-9-18)21(27)24-12-10-22(11-13-24)19-5-3-2-4-17(19)14-20(26)28-22;1-16(25)23-19-8-6-18(7-9-19)21(26)24-14-12-22(13-15-24)11-10-17-4-2-3-5-20(17)22;24-18-13-14-5-1-3-7-16(14)21(26-18)9-11-23(12-10-21)20(25)19-15-6-2-4-8-17(15)27-22-19;24-20(19-16-6-2-4-8-18(16)25-22-19)23-13-11-21(12-14-23)10-9-15-5-1-3-7-17(15)21/h1-12H,13-17H2;2-9H,10-14H2,1H3,(H,23,25);2-9H,10-15H2,1H3,(H,23,25);1-8H,9-13H2;1-8H,9-14H2. The number of esters is 2. The number of amidine groups is 1. The number of likely N-dealkylation sites (tertiary alicyclic amines) is 5. The molecule has 0 atom stereocenters. The van der Waals surface area contributed by atoms with Crippen molar-refractivity contribution < 1.29 is 66.3 Å². The van der Waals surface area contributed by atoms with Gasteiger partial charge in [-0.1, -0.05) is 180 Å². The van der Waals surface area contributed by atoms with Crippen molar-refractivity contribution in [1.29, 1.82) is 0 Å². The molecule has 5 spiro atoms. The number of piperidine rings is 5. The third-order valence-electron chi connectivity index (χ3n) is 29.3. The lowest BCUT2D eigenvalue weighted by Crippen LogP contribution is -2.49. The van der Waals surface area contributed by atoms with Gasteiger partial charge >= 0.3 is 11.9 Å². The number of rotatable bonds is 6. The second-order valence-corrected chi connectivity index (χ2v) is 37.1. The number of aromatic nitrogens is 2. The van der Waals surface area contributed by atoms with Crippen molar-refractivity contribution in [3.63, 3.8) is 0 Å². The summed E-state index contributed by atoms with van der Waals surface area (Å²) in [6, 6.07) is 87.2. The number of carbonyl (C=O) groups excluding carboxylic acids is 8. The number of aliphatic imine (C=N–C) groups is 1. The van der Waals surface area contributed by atoms with E-state index in [2.05, 4.69) is 111 Å². The summed E-state index contributed by atoms with van der Waals surface area (Å²) in [6.45, 7) is 10.7. The van der Waals surface area contributed by atoms with Gasteiger partial charge in [-0.15, -0.1) is 0 Å². The zero-order chi connectivity index (χ0) is 92.4. The van der Waals surface area contributed by atoms with Crippen molar-refractivity contribution in [3.05, 3.63) is 351 Å². The van der Waals surface area contributed by atoms with Crippen LogP contribution in [0.3, 0.4) is 0 Å². The van der Waals surface area contributed by atoms with E-state index in [1.54, 1.807) is 64.4 Å². The number of para-hydroxylation sites is 5. The Hall–Kier alpha value is -14.7. The first kappa shape index (κ1) is 88.3. The van der Waals surface area contributed by atoms with Crippen LogP contribution in [0.15, 0.2) is 281 Å². The van der Waals surface area contributed by atoms with E-state index < -0.39 is 11.2 Å². The lowest BCUT2D eigenvalue weighted by Gasteiger charge is -2.44. The van der Waals surface area contributed by atoms with Crippen molar-refractivity contribution in [1.82, 2.24) is 34.8 Å². The van der Waals surface area contributed by atoms with Crippen LogP contribution < -0.4 is 15.4 Å². The van der Waals surface area contributed by atoms with Crippen LogP contribution in [-0.2, 0) is 93.3 Å². The molecular formula is C111H106N10O14. The number of ether oxygens (including phenoxy) is 4. The van der Waals surface area contributed by atoms with Crippen LogP contribution in [0.2, 0.25) is 0 Å². The van der Waals surface area contributed by atoms with Crippen molar-refractivity contribution in [3.8, 4) is 11.5 Å².